The van der Waals surface area contributed by atoms with E-state index in [1.54, 1.807) is 4.68 Å². The molecule has 0 aliphatic rings. The Balaban J connectivity index is 2.24. The summed E-state index contributed by atoms with van der Waals surface area (Å²) in [5.41, 5.74) is 0.907. The summed E-state index contributed by atoms with van der Waals surface area (Å²) in [6.45, 7) is 5.12. The highest BCUT2D eigenvalue weighted by Crippen LogP contribution is 2.16. The van der Waals surface area contributed by atoms with Crippen LogP contribution in [0.25, 0.3) is 5.69 Å². The SMILES string of the molecule is CCCNC(C)c1nnnn1-c1ccc(Cl)cc1. The molecule has 0 aliphatic heterocycles. The van der Waals surface area contributed by atoms with Gasteiger partial charge < -0.3 is 5.32 Å². The molecule has 1 heterocycles. The number of benzene rings is 1. The maximum Gasteiger partial charge on any atom is 0.173 e. The number of halogens is 1. The second kappa shape index (κ2) is 5.93. The first kappa shape index (κ1) is 13.0. The molecule has 1 atom stereocenters. The minimum absolute atomic E-state index is 0.107. The van der Waals surface area contributed by atoms with Crippen LogP contribution in [0.4, 0.5) is 0 Å². The first-order chi connectivity index (χ1) is 8.72. The fraction of sp³-hybridized carbons (Fsp3) is 0.417. The fourth-order valence-electron chi connectivity index (χ4n) is 1.68. The molecule has 5 nitrogen and oxygen atoms in total. The molecule has 0 bridgehead atoms. The second-order valence-corrected chi connectivity index (χ2v) is 4.54. The van der Waals surface area contributed by atoms with E-state index < -0.39 is 0 Å². The van der Waals surface area contributed by atoms with E-state index >= 15 is 0 Å². The summed E-state index contributed by atoms with van der Waals surface area (Å²) in [4.78, 5) is 0. The van der Waals surface area contributed by atoms with Gasteiger partial charge in [0.05, 0.1) is 11.7 Å². The first-order valence-electron chi connectivity index (χ1n) is 6.00. The van der Waals surface area contributed by atoms with Gasteiger partial charge >= 0.3 is 0 Å². The molecule has 2 rings (SSSR count). The molecular weight excluding hydrogens is 250 g/mol. The van der Waals surface area contributed by atoms with Crippen molar-refractivity contribution in [2.75, 3.05) is 6.54 Å². The third-order valence-corrected chi connectivity index (χ3v) is 2.90. The standard InChI is InChI=1S/C12H16ClN5/c1-3-8-14-9(2)12-15-16-17-18(12)11-6-4-10(13)5-7-11/h4-7,9,14H,3,8H2,1-2H3. The van der Waals surface area contributed by atoms with Crippen molar-refractivity contribution in [2.45, 2.75) is 26.3 Å². The molecule has 6 heteroatoms. The van der Waals surface area contributed by atoms with Crippen LogP contribution in [0.5, 0.6) is 0 Å². The van der Waals surface area contributed by atoms with Gasteiger partial charge in [0.15, 0.2) is 5.82 Å². The third-order valence-electron chi connectivity index (χ3n) is 2.65. The highest BCUT2D eigenvalue weighted by Gasteiger charge is 2.14. The summed E-state index contributed by atoms with van der Waals surface area (Å²) in [6, 6.07) is 7.55. The first-order valence-corrected chi connectivity index (χ1v) is 6.37. The molecule has 0 amide bonds. The lowest BCUT2D eigenvalue weighted by atomic mass is 10.2. The Kier molecular flexibility index (Phi) is 4.28. The normalized spacial score (nSPS) is 12.6. The van der Waals surface area contributed by atoms with Crippen LogP contribution in [0.3, 0.4) is 0 Å². The van der Waals surface area contributed by atoms with Crippen molar-refractivity contribution in [1.29, 1.82) is 0 Å². The van der Waals surface area contributed by atoms with Gasteiger partial charge in [0.2, 0.25) is 0 Å². The van der Waals surface area contributed by atoms with E-state index in [2.05, 4.69) is 27.8 Å². The Morgan fingerprint density at radius 1 is 1.33 bits per heavy atom. The molecule has 0 fully saturated rings. The van der Waals surface area contributed by atoms with E-state index in [0.29, 0.717) is 5.02 Å². The number of nitrogens with zero attached hydrogens (tertiary/aromatic N) is 4. The molecule has 0 saturated heterocycles. The van der Waals surface area contributed by atoms with Crippen LogP contribution >= 0.6 is 11.6 Å². The molecule has 96 valence electrons. The van der Waals surface area contributed by atoms with Crippen LogP contribution in [0, 0.1) is 0 Å². The molecule has 2 aromatic rings. The van der Waals surface area contributed by atoms with Crippen LogP contribution in [0.1, 0.15) is 32.1 Å². The van der Waals surface area contributed by atoms with Gasteiger partial charge in [-0.2, -0.15) is 4.68 Å². The Bertz CT molecular complexity index is 493. The van der Waals surface area contributed by atoms with Crippen LogP contribution in [0.15, 0.2) is 24.3 Å². The number of hydrogen-bond donors (Lipinski definition) is 1. The highest BCUT2D eigenvalue weighted by atomic mass is 35.5. The molecule has 1 aromatic heterocycles. The Labute approximate surface area is 111 Å². The van der Waals surface area contributed by atoms with Crippen LogP contribution in [0.2, 0.25) is 5.02 Å². The van der Waals surface area contributed by atoms with E-state index in [4.69, 9.17) is 11.6 Å². The number of aromatic nitrogens is 4. The summed E-state index contributed by atoms with van der Waals surface area (Å²) in [5, 5.41) is 15.9. The third kappa shape index (κ3) is 2.86. The maximum atomic E-state index is 5.87. The van der Waals surface area contributed by atoms with Crippen molar-refractivity contribution < 1.29 is 0 Å². The van der Waals surface area contributed by atoms with Crippen molar-refractivity contribution in [2.24, 2.45) is 0 Å². The zero-order chi connectivity index (χ0) is 13.0. The van der Waals surface area contributed by atoms with Crippen molar-refractivity contribution in [3.05, 3.63) is 35.1 Å². The van der Waals surface area contributed by atoms with Gasteiger partial charge in [-0.25, -0.2) is 0 Å². The lowest BCUT2D eigenvalue weighted by molar-refractivity contribution is 0.531. The second-order valence-electron chi connectivity index (χ2n) is 4.10. The quantitative estimate of drug-likeness (QED) is 0.902. The lowest BCUT2D eigenvalue weighted by Crippen LogP contribution is -2.22. The molecule has 18 heavy (non-hydrogen) atoms. The molecule has 0 radical (unpaired) electrons. The Morgan fingerprint density at radius 3 is 2.72 bits per heavy atom. The summed E-state index contributed by atoms with van der Waals surface area (Å²) in [6.07, 6.45) is 1.08. The van der Waals surface area contributed by atoms with Gasteiger partial charge in [-0.15, -0.1) is 5.10 Å². The van der Waals surface area contributed by atoms with Gasteiger partial charge in [0.1, 0.15) is 0 Å². The van der Waals surface area contributed by atoms with E-state index in [1.807, 2.05) is 31.2 Å². The van der Waals surface area contributed by atoms with Gasteiger partial charge in [-0.3, -0.25) is 0 Å². The predicted octanol–water partition coefficient (Wildman–Crippen LogP) is 2.38. The molecular formula is C12H16ClN5. The maximum absolute atomic E-state index is 5.87. The number of hydrogen-bond acceptors (Lipinski definition) is 4. The molecule has 0 aliphatic carbocycles. The smallest absolute Gasteiger partial charge is 0.173 e. The zero-order valence-electron chi connectivity index (χ0n) is 10.5. The Hall–Kier alpha value is -1.46. The minimum Gasteiger partial charge on any atom is -0.307 e. The van der Waals surface area contributed by atoms with Crippen LogP contribution < -0.4 is 5.32 Å². The largest absolute Gasteiger partial charge is 0.307 e. The molecule has 1 unspecified atom stereocenters. The summed E-state index contributed by atoms with van der Waals surface area (Å²) in [7, 11) is 0. The van der Waals surface area contributed by atoms with Gasteiger partial charge in [0.25, 0.3) is 0 Å². The van der Waals surface area contributed by atoms with Crippen molar-refractivity contribution >= 4 is 11.6 Å². The average Bonchev–Trinajstić information content (AvgIpc) is 2.86. The number of tetrazole rings is 1. The topological polar surface area (TPSA) is 55.6 Å². The van der Waals surface area contributed by atoms with Crippen LogP contribution in [-0.2, 0) is 0 Å². The van der Waals surface area contributed by atoms with Crippen molar-refractivity contribution in [1.82, 2.24) is 25.5 Å². The number of rotatable bonds is 5. The highest BCUT2D eigenvalue weighted by molar-refractivity contribution is 6.30. The van der Waals surface area contributed by atoms with Gasteiger partial charge in [-0.1, -0.05) is 18.5 Å². The fourth-order valence-corrected chi connectivity index (χ4v) is 1.81. The molecule has 1 N–H and O–H groups in total. The minimum atomic E-state index is 0.107. The van der Waals surface area contributed by atoms with Crippen molar-refractivity contribution in [3.8, 4) is 5.69 Å². The summed E-state index contributed by atoms with van der Waals surface area (Å²) < 4.78 is 1.73. The van der Waals surface area contributed by atoms with Crippen molar-refractivity contribution in [3.63, 3.8) is 0 Å². The molecule has 0 saturated carbocycles. The summed E-state index contributed by atoms with van der Waals surface area (Å²) >= 11 is 5.87. The van der Waals surface area contributed by atoms with Gasteiger partial charge in [0, 0.05) is 5.02 Å². The average molecular weight is 266 g/mol. The Morgan fingerprint density at radius 2 is 2.06 bits per heavy atom. The van der Waals surface area contributed by atoms with Crippen LogP contribution in [-0.4, -0.2) is 26.8 Å². The van der Waals surface area contributed by atoms with Gasteiger partial charge in [-0.05, 0) is 54.6 Å². The lowest BCUT2D eigenvalue weighted by Gasteiger charge is -2.12. The molecule has 1 aromatic carbocycles. The predicted molar refractivity (Wildman–Crippen MR) is 70.9 cm³/mol. The summed E-state index contributed by atoms with van der Waals surface area (Å²) in [5.74, 6) is 0.797. The molecule has 0 spiro atoms. The van der Waals surface area contributed by atoms with E-state index in [-0.39, 0.29) is 6.04 Å². The monoisotopic (exact) mass is 265 g/mol. The number of nitrogens with one attached hydrogen (secondary N) is 1. The van der Waals surface area contributed by atoms with E-state index in [1.165, 1.54) is 0 Å². The van der Waals surface area contributed by atoms with E-state index in [9.17, 15) is 0 Å². The zero-order valence-corrected chi connectivity index (χ0v) is 11.2. The van der Waals surface area contributed by atoms with E-state index in [0.717, 1.165) is 24.5 Å².